The molecule has 78 heavy (non-hydrogen) atoms. The van der Waals surface area contributed by atoms with Gasteiger partial charge in [0, 0.05) is 44.3 Å². The van der Waals surface area contributed by atoms with Gasteiger partial charge in [0.2, 0.25) is 6.71 Å². The normalized spacial score (nSPS) is 13.8. The predicted molar refractivity (Wildman–Crippen MR) is 313 cm³/mol. The van der Waals surface area contributed by atoms with Crippen LogP contribution in [-0.4, -0.2) is 20.8 Å². The predicted octanol–water partition coefficient (Wildman–Crippen LogP) is 14.5. The molecule has 4 heterocycles. The van der Waals surface area contributed by atoms with Crippen molar-refractivity contribution in [2.75, 3.05) is 0 Å². The van der Waals surface area contributed by atoms with E-state index in [0.29, 0.717) is 28.2 Å². The van der Waals surface area contributed by atoms with E-state index >= 15 is 0 Å². The van der Waals surface area contributed by atoms with E-state index in [2.05, 4.69) is 98.4 Å². The number of hydrogen-bond donors (Lipinski definition) is 0. The summed E-state index contributed by atoms with van der Waals surface area (Å²) in [7, 11) is 0. The maximum Gasteiger partial charge on any atom is 0.268 e. The Hall–Kier alpha value is -9.03. The topological polar surface area (TPSA) is 45.1 Å². The number of para-hydroxylation sites is 6. The zero-order valence-electron chi connectivity index (χ0n) is 52.3. The number of nitrogens with zero attached hydrogens (tertiary/aromatic N) is 4. The summed E-state index contributed by atoms with van der Waals surface area (Å²) in [5, 5.41) is 1.93. The van der Waals surface area contributed by atoms with Gasteiger partial charge in [-0.1, -0.05) is 225 Å². The molecule has 6 nitrogen and oxygen atoms in total. The van der Waals surface area contributed by atoms with Crippen LogP contribution in [-0.2, 0) is 26.5 Å². The molecule has 0 bridgehead atoms. The van der Waals surface area contributed by atoms with E-state index in [-0.39, 0.29) is 61.1 Å². The molecule has 0 radical (unpaired) electrons. The van der Waals surface area contributed by atoms with Gasteiger partial charge in [-0.25, -0.2) is 4.98 Å². The zero-order valence-corrected chi connectivity index (χ0v) is 44.6. The first-order chi connectivity index (χ1) is 42.0. The number of imidazole rings is 1. The van der Waals surface area contributed by atoms with E-state index in [1.54, 1.807) is 27.3 Å². The molecule has 0 aliphatic carbocycles. The molecule has 0 N–H and O–H groups in total. The van der Waals surface area contributed by atoms with Crippen LogP contribution in [0.15, 0.2) is 243 Å². The molecule has 0 atom stereocenters. The number of fused-ring (bicyclic) bond motifs is 6. The third-order valence-corrected chi connectivity index (χ3v) is 14.3. The summed E-state index contributed by atoms with van der Waals surface area (Å²) in [5.74, 6) is 2.98. The van der Waals surface area contributed by atoms with Gasteiger partial charge >= 0.3 is 0 Å². The average molecular weight is 1190 g/mol. The summed E-state index contributed by atoms with van der Waals surface area (Å²) in [6.45, 7) is 6.30. The Morgan fingerprint density at radius 1 is 0.577 bits per heavy atom. The maximum atomic E-state index is 9.17. The largest absolute Gasteiger partial charge is 0.509 e. The Labute approximate surface area is 482 Å². The summed E-state index contributed by atoms with van der Waals surface area (Å²) in [4.78, 5) is 4.98. The third-order valence-electron chi connectivity index (χ3n) is 14.3. The number of rotatable bonds is 9. The first kappa shape index (κ1) is 38.5. The van der Waals surface area contributed by atoms with Gasteiger partial charge in [-0.2, -0.15) is 18.2 Å². The van der Waals surface area contributed by atoms with Crippen LogP contribution in [0.25, 0.3) is 83.4 Å². The Bertz CT molecular complexity index is 4850. The zero-order chi connectivity index (χ0) is 60.3. The Morgan fingerprint density at radius 3 is 1.88 bits per heavy atom. The Balaban J connectivity index is 0.00000714. The van der Waals surface area contributed by atoms with E-state index < -0.39 is 60.4 Å². The van der Waals surface area contributed by atoms with Crippen LogP contribution < -0.4 is 30.4 Å². The van der Waals surface area contributed by atoms with E-state index in [1.165, 1.54) is 0 Å². The number of ether oxygens (including phenoxy) is 2. The minimum absolute atomic E-state index is 0. The fourth-order valence-electron chi connectivity index (χ4n) is 10.8. The molecule has 0 unspecified atom stereocenters. The maximum absolute atomic E-state index is 9.17. The van der Waals surface area contributed by atoms with Crippen LogP contribution in [0.2, 0.25) is 0 Å². The van der Waals surface area contributed by atoms with Gasteiger partial charge < -0.3 is 18.6 Å². The molecule has 13 aromatic rings. The molecule has 0 saturated heterocycles. The first-order valence-corrected chi connectivity index (χ1v) is 25.3. The van der Waals surface area contributed by atoms with Crippen LogP contribution in [0, 0.1) is 18.5 Å². The summed E-state index contributed by atoms with van der Waals surface area (Å²) in [6, 6.07) is 58.8. The summed E-state index contributed by atoms with van der Waals surface area (Å²) in [5.41, 5.74) is 8.99. The molecule has 8 heteroatoms. The van der Waals surface area contributed by atoms with Gasteiger partial charge in [0.15, 0.2) is 0 Å². The van der Waals surface area contributed by atoms with E-state index in [9.17, 15) is 5.48 Å². The van der Waals surface area contributed by atoms with Crippen molar-refractivity contribution in [3.05, 3.63) is 267 Å². The minimum Gasteiger partial charge on any atom is -0.509 e. The van der Waals surface area contributed by atoms with Crippen LogP contribution >= 0.6 is 0 Å². The molecule has 0 saturated carbocycles. The molecule has 0 spiro atoms. The second kappa shape index (κ2) is 19.8. The monoisotopic (exact) mass is 1190 g/mol. The molecular weight excluding hydrogens is 1130 g/mol. The van der Waals surface area contributed by atoms with Crippen LogP contribution in [0.3, 0.4) is 0 Å². The minimum atomic E-state index is -0.583. The van der Waals surface area contributed by atoms with E-state index in [0.717, 1.165) is 72.2 Å². The molecule has 3 aromatic heterocycles. The molecule has 14 rings (SSSR count). The van der Waals surface area contributed by atoms with Crippen molar-refractivity contribution in [1.29, 1.82) is 0 Å². The van der Waals surface area contributed by atoms with Crippen molar-refractivity contribution in [2.45, 2.75) is 26.2 Å². The molecule has 0 amide bonds. The van der Waals surface area contributed by atoms with Crippen molar-refractivity contribution in [2.24, 2.45) is 0 Å². The fraction of sp³-hybridized carbons (Fsp3) is 0.0571. The van der Waals surface area contributed by atoms with Crippen LogP contribution in [0.1, 0.15) is 40.0 Å². The third kappa shape index (κ3) is 8.43. The average Bonchev–Trinajstić information content (AvgIpc) is 2.13. The van der Waals surface area contributed by atoms with Gasteiger partial charge in [-0.15, -0.1) is 23.6 Å². The molecule has 376 valence electrons. The van der Waals surface area contributed by atoms with E-state index in [4.69, 9.17) is 22.7 Å². The van der Waals surface area contributed by atoms with Crippen molar-refractivity contribution in [3.8, 4) is 73.6 Å². The fourth-order valence-corrected chi connectivity index (χ4v) is 10.8. The molecule has 10 aromatic carbocycles. The molecule has 1 aliphatic heterocycles. The standard InChI is InChI=1S/C70H49BN4O2.Pt/c1-70(2,3)49-40-41-72-68(42-49)75-61-35-15-11-29-55(61)56-44-57(54-28-10-12-32-58(54)71-59-33-13-18-38-65(59)77-66-39-19-14-34-60(66)71)67(45-64(56)75)76-51-27-20-26-50(43-51)73-46-74(63-37-17-16-36-62(63)73)69-52(47-22-6-4-7-23-47)30-21-31-53(69)48-24-8-5-9-25-48;/h4-42,44H,1-3H3;/q-2;/i4D,5D,6D,7D,8D,9D,22D,23D,24D,25D;. The van der Waals surface area contributed by atoms with Crippen molar-refractivity contribution in [3.63, 3.8) is 0 Å². The second-order valence-electron chi connectivity index (χ2n) is 19.9. The van der Waals surface area contributed by atoms with Crippen molar-refractivity contribution in [1.82, 2.24) is 14.1 Å². The van der Waals surface area contributed by atoms with E-state index in [1.807, 2.05) is 109 Å². The number of hydrogen-bond acceptors (Lipinski definition) is 3. The van der Waals surface area contributed by atoms with Crippen molar-refractivity contribution >= 4 is 55.9 Å². The molecular formula is C70H49BN4O2Pt-2. The van der Waals surface area contributed by atoms with Gasteiger partial charge in [0.25, 0.3) is 6.33 Å². The van der Waals surface area contributed by atoms with Gasteiger partial charge in [0.05, 0.1) is 30.4 Å². The second-order valence-corrected chi connectivity index (χ2v) is 19.9. The summed E-state index contributed by atoms with van der Waals surface area (Å²) in [6.07, 6.45) is 5.33. The molecule has 1 aliphatic rings. The van der Waals surface area contributed by atoms with Gasteiger partial charge in [0.1, 0.15) is 17.3 Å². The van der Waals surface area contributed by atoms with Crippen LogP contribution in [0.4, 0.5) is 0 Å². The van der Waals surface area contributed by atoms with Crippen LogP contribution in [0.5, 0.6) is 23.0 Å². The van der Waals surface area contributed by atoms with Gasteiger partial charge in [-0.3, -0.25) is 4.57 Å². The number of aromatic nitrogens is 4. The van der Waals surface area contributed by atoms with Gasteiger partial charge in [-0.05, 0) is 85.6 Å². The number of benzene rings is 10. The van der Waals surface area contributed by atoms with Crippen molar-refractivity contribution < 1.29 is 48.8 Å². The summed E-state index contributed by atoms with van der Waals surface area (Å²) >= 11 is 0. The Morgan fingerprint density at radius 2 is 1.18 bits per heavy atom. The molecule has 0 fully saturated rings. The smallest absolute Gasteiger partial charge is 0.268 e. The Kier molecular flexibility index (Phi) is 9.79. The SMILES string of the molecule is [2H]c1c([2H])c([2H])c(-c2cccc(-c3c([2H])c([2H])c([2H])c([2H])c3[2H])c2-[n+]2[c-]n(-c3[c-]c(Oc4[c-]c5c(cc4-c4ccccc4B4c6ccccc6Oc6ccccc64)c4ccccc4n5-c4cc(C(C)(C)C)ccn4)ccc3)c3ccccc32)c([2H])c1[2H].[Pt]. The summed E-state index contributed by atoms with van der Waals surface area (Å²) < 4.78 is 108. The first-order valence-electron chi connectivity index (χ1n) is 30.3. The quantitative estimate of drug-likeness (QED) is 0.0822. The number of pyridine rings is 1.